The number of hydrogen-bond donors (Lipinski definition) is 1. The van der Waals surface area contributed by atoms with Crippen LogP contribution in [0.2, 0.25) is 0 Å². The van der Waals surface area contributed by atoms with Gasteiger partial charge in [0.15, 0.2) is 0 Å². The first-order valence-electron chi connectivity index (χ1n) is 6.46. The second-order valence-electron chi connectivity index (χ2n) is 4.78. The number of fused-ring (bicyclic) bond motifs is 1. The summed E-state index contributed by atoms with van der Waals surface area (Å²) in [6.07, 6.45) is -0.357. The Labute approximate surface area is 113 Å². The van der Waals surface area contributed by atoms with Gasteiger partial charge in [0.1, 0.15) is 5.75 Å². The Kier molecular flexibility index (Phi) is 4.07. The van der Waals surface area contributed by atoms with Crippen molar-refractivity contribution in [2.24, 2.45) is 5.73 Å². The van der Waals surface area contributed by atoms with E-state index in [-0.39, 0.29) is 18.2 Å². The van der Waals surface area contributed by atoms with Gasteiger partial charge in [-0.25, -0.2) is 4.79 Å². The fourth-order valence-corrected chi connectivity index (χ4v) is 1.98. The van der Waals surface area contributed by atoms with Crippen LogP contribution in [0.15, 0.2) is 18.2 Å². The Balaban J connectivity index is 2.16. The van der Waals surface area contributed by atoms with Gasteiger partial charge in [0.2, 0.25) is 0 Å². The fourth-order valence-electron chi connectivity index (χ4n) is 1.98. The van der Waals surface area contributed by atoms with Gasteiger partial charge in [0, 0.05) is 13.6 Å². The number of nitrogens with zero attached hydrogens (tertiary/aromatic N) is 1. The van der Waals surface area contributed by atoms with E-state index in [0.717, 1.165) is 11.1 Å². The molecule has 0 radical (unpaired) electrons. The van der Waals surface area contributed by atoms with Gasteiger partial charge in [0.25, 0.3) is 0 Å². The van der Waals surface area contributed by atoms with Crippen LogP contribution < -0.4 is 10.5 Å². The molecule has 2 rings (SSSR count). The Morgan fingerprint density at radius 3 is 3.00 bits per heavy atom. The van der Waals surface area contributed by atoms with Crippen LogP contribution in [0.25, 0.3) is 0 Å². The molecule has 0 aromatic heterocycles. The van der Waals surface area contributed by atoms with E-state index < -0.39 is 0 Å². The molecule has 5 heteroatoms. The first-order valence-corrected chi connectivity index (χ1v) is 6.46. The summed E-state index contributed by atoms with van der Waals surface area (Å²) in [5.74, 6) is 0.523. The van der Waals surface area contributed by atoms with Crippen molar-refractivity contribution in [2.75, 3.05) is 13.6 Å². The van der Waals surface area contributed by atoms with Crippen molar-refractivity contribution in [1.29, 1.82) is 0 Å². The topological polar surface area (TPSA) is 64.8 Å². The molecule has 1 aromatic rings. The van der Waals surface area contributed by atoms with Crippen molar-refractivity contribution in [2.45, 2.75) is 32.6 Å². The third kappa shape index (κ3) is 2.88. The minimum Gasteiger partial charge on any atom is -0.410 e. The SMILES string of the molecule is CCN(C)C(=O)Oc1ccc2c(c1)COC(C)[C@H]2N. The number of carbonyl (C=O) groups is 1. The molecule has 1 aliphatic rings. The van der Waals surface area contributed by atoms with Crippen molar-refractivity contribution >= 4 is 6.09 Å². The van der Waals surface area contributed by atoms with Gasteiger partial charge >= 0.3 is 6.09 Å². The lowest BCUT2D eigenvalue weighted by Crippen LogP contribution is -2.32. The van der Waals surface area contributed by atoms with Gasteiger partial charge in [-0.1, -0.05) is 6.07 Å². The third-order valence-electron chi connectivity index (χ3n) is 3.47. The number of nitrogens with two attached hydrogens (primary N) is 1. The summed E-state index contributed by atoms with van der Waals surface area (Å²) in [5, 5.41) is 0. The minimum atomic E-state index is -0.364. The Bertz CT molecular complexity index is 476. The normalized spacial score (nSPS) is 21.7. The van der Waals surface area contributed by atoms with Gasteiger partial charge in [0.05, 0.1) is 18.8 Å². The summed E-state index contributed by atoms with van der Waals surface area (Å²) < 4.78 is 10.9. The highest BCUT2D eigenvalue weighted by Gasteiger charge is 2.24. The monoisotopic (exact) mass is 264 g/mol. The molecule has 0 saturated heterocycles. The van der Waals surface area contributed by atoms with E-state index in [1.54, 1.807) is 13.1 Å². The molecule has 0 fully saturated rings. The molecule has 1 heterocycles. The number of ether oxygens (including phenoxy) is 2. The molecular weight excluding hydrogens is 244 g/mol. The van der Waals surface area contributed by atoms with Gasteiger partial charge in [-0.15, -0.1) is 0 Å². The van der Waals surface area contributed by atoms with Crippen LogP contribution in [0, 0.1) is 0 Å². The first-order chi connectivity index (χ1) is 9.02. The van der Waals surface area contributed by atoms with Gasteiger partial charge in [-0.3, -0.25) is 0 Å². The average molecular weight is 264 g/mol. The summed E-state index contributed by atoms with van der Waals surface area (Å²) in [6.45, 7) is 4.95. The van der Waals surface area contributed by atoms with E-state index in [1.807, 2.05) is 26.0 Å². The van der Waals surface area contributed by atoms with Crippen molar-refractivity contribution in [3.63, 3.8) is 0 Å². The van der Waals surface area contributed by atoms with Gasteiger partial charge in [-0.2, -0.15) is 0 Å². The smallest absolute Gasteiger partial charge is 0.410 e. The highest BCUT2D eigenvalue weighted by molar-refractivity contribution is 5.70. The van der Waals surface area contributed by atoms with Crippen molar-refractivity contribution < 1.29 is 14.3 Å². The molecular formula is C14H20N2O3. The lowest BCUT2D eigenvalue weighted by Gasteiger charge is -2.29. The number of hydrogen-bond acceptors (Lipinski definition) is 4. The van der Waals surface area contributed by atoms with E-state index in [4.69, 9.17) is 15.2 Å². The molecule has 19 heavy (non-hydrogen) atoms. The van der Waals surface area contributed by atoms with E-state index in [2.05, 4.69) is 0 Å². The molecule has 0 aliphatic carbocycles. The zero-order valence-electron chi connectivity index (χ0n) is 11.6. The van der Waals surface area contributed by atoms with E-state index in [1.165, 1.54) is 4.90 Å². The Hall–Kier alpha value is -1.59. The molecule has 1 aliphatic heterocycles. The molecule has 0 saturated carbocycles. The van der Waals surface area contributed by atoms with E-state index >= 15 is 0 Å². The van der Waals surface area contributed by atoms with Crippen LogP contribution in [0.4, 0.5) is 4.79 Å². The molecule has 5 nitrogen and oxygen atoms in total. The zero-order chi connectivity index (χ0) is 14.0. The quantitative estimate of drug-likeness (QED) is 0.888. The zero-order valence-corrected chi connectivity index (χ0v) is 11.6. The van der Waals surface area contributed by atoms with Gasteiger partial charge in [-0.05, 0) is 37.1 Å². The lowest BCUT2D eigenvalue weighted by molar-refractivity contribution is 0.0212. The van der Waals surface area contributed by atoms with Gasteiger partial charge < -0.3 is 20.1 Å². The van der Waals surface area contributed by atoms with E-state index in [0.29, 0.717) is 18.9 Å². The molecule has 1 amide bonds. The Morgan fingerprint density at radius 2 is 2.32 bits per heavy atom. The number of carbonyl (C=O) groups excluding carboxylic acids is 1. The minimum absolute atomic E-state index is 0.00660. The maximum absolute atomic E-state index is 11.7. The number of amides is 1. The van der Waals surface area contributed by atoms with Crippen molar-refractivity contribution in [3.8, 4) is 5.75 Å². The molecule has 104 valence electrons. The van der Waals surface area contributed by atoms with Crippen LogP contribution in [-0.4, -0.2) is 30.7 Å². The fraction of sp³-hybridized carbons (Fsp3) is 0.500. The summed E-state index contributed by atoms with van der Waals surface area (Å²) in [4.78, 5) is 13.2. The van der Waals surface area contributed by atoms with Crippen molar-refractivity contribution in [1.82, 2.24) is 4.90 Å². The maximum atomic E-state index is 11.7. The third-order valence-corrected chi connectivity index (χ3v) is 3.47. The summed E-state index contributed by atoms with van der Waals surface area (Å²) in [6, 6.07) is 5.38. The standard InChI is InChI=1S/C14H20N2O3/c1-4-16(3)14(17)19-11-5-6-12-10(7-11)8-18-9(2)13(12)15/h5-7,9,13H,4,8,15H2,1-3H3/t9?,13-/m1/s1. The summed E-state index contributed by atoms with van der Waals surface area (Å²) >= 11 is 0. The highest BCUT2D eigenvalue weighted by atomic mass is 16.6. The molecule has 0 bridgehead atoms. The molecule has 0 spiro atoms. The number of rotatable bonds is 2. The first kappa shape index (κ1) is 13.8. The predicted octanol–water partition coefficient (Wildman–Crippen LogP) is 2.06. The Morgan fingerprint density at radius 1 is 1.58 bits per heavy atom. The highest BCUT2D eigenvalue weighted by Crippen LogP contribution is 2.30. The van der Waals surface area contributed by atoms with Crippen LogP contribution >= 0.6 is 0 Å². The van der Waals surface area contributed by atoms with Crippen LogP contribution in [0.3, 0.4) is 0 Å². The van der Waals surface area contributed by atoms with Crippen molar-refractivity contribution in [3.05, 3.63) is 29.3 Å². The van der Waals surface area contributed by atoms with E-state index in [9.17, 15) is 4.79 Å². The molecule has 1 unspecified atom stereocenters. The molecule has 1 aromatic carbocycles. The van der Waals surface area contributed by atoms with Crippen LogP contribution in [-0.2, 0) is 11.3 Å². The lowest BCUT2D eigenvalue weighted by atomic mass is 9.95. The second kappa shape index (κ2) is 5.59. The molecule has 2 atom stereocenters. The average Bonchev–Trinajstić information content (AvgIpc) is 2.42. The summed E-state index contributed by atoms with van der Waals surface area (Å²) in [5.41, 5.74) is 8.11. The van der Waals surface area contributed by atoms with Crippen LogP contribution in [0.1, 0.15) is 31.0 Å². The van der Waals surface area contributed by atoms with Crippen LogP contribution in [0.5, 0.6) is 5.75 Å². The number of benzene rings is 1. The predicted molar refractivity (Wildman–Crippen MR) is 71.9 cm³/mol. The largest absolute Gasteiger partial charge is 0.414 e. The molecule has 2 N–H and O–H groups in total. The maximum Gasteiger partial charge on any atom is 0.414 e. The summed E-state index contributed by atoms with van der Waals surface area (Å²) in [7, 11) is 1.70. The second-order valence-corrected chi connectivity index (χ2v) is 4.78.